The quantitative estimate of drug-likeness (QED) is 0.233. The average molecular weight is 485 g/mol. The van der Waals surface area contributed by atoms with Gasteiger partial charge < -0.3 is 9.15 Å². The van der Waals surface area contributed by atoms with Crippen LogP contribution in [0.25, 0.3) is 65.7 Å². The number of halogens is 1. The van der Waals surface area contributed by atoms with Crippen molar-refractivity contribution in [1.82, 2.24) is 0 Å². The van der Waals surface area contributed by atoms with E-state index in [1.165, 1.54) is 38.2 Å². The molecule has 0 atom stereocenters. The predicted molar refractivity (Wildman–Crippen MR) is 151 cm³/mol. The molecule has 0 radical (unpaired) electrons. The fourth-order valence-corrected chi connectivity index (χ4v) is 5.59. The second kappa shape index (κ2) is 8.15. The number of ether oxygens (including phenoxy) is 1. The lowest BCUT2D eigenvalue weighted by Crippen LogP contribution is -1.91. The standard InChI is InChI=1S/C33H21ClO2/c1-35-23-14-10-20(11-15-23)32-24-6-2-4-8-26(24)33(27-9-5-3-7-25(27)32)21-12-16-30-28(18-21)29-19-22(34)13-17-31(29)36-30/h2-19H,1H3. The van der Waals surface area contributed by atoms with Crippen LogP contribution < -0.4 is 4.74 Å². The minimum absolute atomic E-state index is 0.704. The van der Waals surface area contributed by atoms with Crippen molar-refractivity contribution >= 4 is 55.1 Å². The first-order valence-electron chi connectivity index (χ1n) is 11.9. The van der Waals surface area contributed by atoms with Gasteiger partial charge in [0.25, 0.3) is 0 Å². The zero-order valence-electron chi connectivity index (χ0n) is 19.6. The third-order valence-electron chi connectivity index (χ3n) is 7.03. The van der Waals surface area contributed by atoms with Gasteiger partial charge in [-0.3, -0.25) is 0 Å². The van der Waals surface area contributed by atoms with Crippen molar-refractivity contribution in [2.75, 3.05) is 7.11 Å². The van der Waals surface area contributed by atoms with E-state index in [1.807, 2.05) is 30.3 Å². The van der Waals surface area contributed by atoms with E-state index in [1.54, 1.807) is 7.11 Å². The zero-order valence-corrected chi connectivity index (χ0v) is 20.3. The molecular weight excluding hydrogens is 464 g/mol. The van der Waals surface area contributed by atoms with Crippen molar-refractivity contribution in [2.45, 2.75) is 0 Å². The molecule has 0 fully saturated rings. The van der Waals surface area contributed by atoms with E-state index in [9.17, 15) is 0 Å². The highest BCUT2D eigenvalue weighted by atomic mass is 35.5. The summed E-state index contributed by atoms with van der Waals surface area (Å²) in [5.41, 5.74) is 6.47. The Hall–Kier alpha value is -4.27. The number of methoxy groups -OCH3 is 1. The van der Waals surface area contributed by atoms with Gasteiger partial charge in [-0.2, -0.15) is 0 Å². The van der Waals surface area contributed by atoms with Gasteiger partial charge in [0.2, 0.25) is 0 Å². The second-order valence-corrected chi connectivity index (χ2v) is 9.46. The van der Waals surface area contributed by atoms with Crippen LogP contribution in [0.4, 0.5) is 0 Å². The minimum atomic E-state index is 0.704. The van der Waals surface area contributed by atoms with Gasteiger partial charge in [-0.1, -0.05) is 78.3 Å². The van der Waals surface area contributed by atoms with Crippen LogP contribution in [0.2, 0.25) is 5.02 Å². The summed E-state index contributed by atoms with van der Waals surface area (Å²) >= 11 is 6.33. The van der Waals surface area contributed by atoms with E-state index in [-0.39, 0.29) is 0 Å². The third-order valence-corrected chi connectivity index (χ3v) is 7.27. The highest BCUT2D eigenvalue weighted by Gasteiger charge is 2.17. The molecule has 7 rings (SSSR count). The number of rotatable bonds is 3. The molecule has 7 aromatic rings. The van der Waals surface area contributed by atoms with Gasteiger partial charge in [0.05, 0.1) is 7.11 Å². The molecule has 0 unspecified atom stereocenters. The normalized spacial score (nSPS) is 11.6. The molecule has 0 saturated carbocycles. The highest BCUT2D eigenvalue weighted by Crippen LogP contribution is 2.45. The molecule has 0 saturated heterocycles. The molecule has 0 N–H and O–H groups in total. The maximum Gasteiger partial charge on any atom is 0.135 e. The van der Waals surface area contributed by atoms with E-state index in [2.05, 4.69) is 78.9 Å². The van der Waals surface area contributed by atoms with Crippen LogP contribution in [0.5, 0.6) is 5.75 Å². The molecule has 0 bridgehead atoms. The van der Waals surface area contributed by atoms with Crippen molar-refractivity contribution in [3.8, 4) is 28.0 Å². The van der Waals surface area contributed by atoms with Gasteiger partial charge in [-0.15, -0.1) is 0 Å². The van der Waals surface area contributed by atoms with Crippen LogP contribution >= 0.6 is 11.6 Å². The molecule has 36 heavy (non-hydrogen) atoms. The Morgan fingerprint density at radius 2 is 1.03 bits per heavy atom. The van der Waals surface area contributed by atoms with Gasteiger partial charge in [0, 0.05) is 15.8 Å². The summed E-state index contributed by atoms with van der Waals surface area (Å²) in [6.45, 7) is 0. The third kappa shape index (κ3) is 3.19. The van der Waals surface area contributed by atoms with E-state index in [4.69, 9.17) is 20.8 Å². The Bertz CT molecular complexity index is 1870. The monoisotopic (exact) mass is 484 g/mol. The second-order valence-electron chi connectivity index (χ2n) is 9.02. The molecule has 0 aliphatic carbocycles. The summed E-state index contributed by atoms with van der Waals surface area (Å²) in [5.74, 6) is 0.852. The molecule has 2 nitrogen and oxygen atoms in total. The van der Waals surface area contributed by atoms with Crippen LogP contribution in [0.15, 0.2) is 114 Å². The highest BCUT2D eigenvalue weighted by molar-refractivity contribution is 6.31. The maximum atomic E-state index is 6.33. The van der Waals surface area contributed by atoms with Gasteiger partial charge >= 0.3 is 0 Å². The lowest BCUT2D eigenvalue weighted by Gasteiger charge is -2.18. The summed E-state index contributed by atoms with van der Waals surface area (Å²) in [6.07, 6.45) is 0. The van der Waals surface area contributed by atoms with Crippen molar-refractivity contribution < 1.29 is 9.15 Å². The van der Waals surface area contributed by atoms with Crippen LogP contribution in [-0.2, 0) is 0 Å². The van der Waals surface area contributed by atoms with Gasteiger partial charge in [0.1, 0.15) is 16.9 Å². The van der Waals surface area contributed by atoms with Crippen molar-refractivity contribution in [1.29, 1.82) is 0 Å². The number of fused-ring (bicyclic) bond motifs is 5. The summed E-state index contributed by atoms with van der Waals surface area (Å²) < 4.78 is 11.5. The minimum Gasteiger partial charge on any atom is -0.497 e. The fraction of sp³-hybridized carbons (Fsp3) is 0.0303. The van der Waals surface area contributed by atoms with E-state index in [0.29, 0.717) is 5.02 Å². The SMILES string of the molecule is COc1ccc(-c2c3ccccc3c(-c3ccc4oc5ccc(Cl)cc5c4c3)c3ccccc23)cc1. The van der Waals surface area contributed by atoms with Crippen molar-refractivity contribution in [3.05, 3.63) is 114 Å². The lowest BCUT2D eigenvalue weighted by atomic mass is 9.86. The largest absolute Gasteiger partial charge is 0.497 e. The zero-order chi connectivity index (χ0) is 24.2. The summed E-state index contributed by atoms with van der Waals surface area (Å²) in [7, 11) is 1.70. The molecule has 172 valence electrons. The van der Waals surface area contributed by atoms with Gasteiger partial charge in [-0.05, 0) is 86.3 Å². The number of furan rings is 1. The van der Waals surface area contributed by atoms with Crippen molar-refractivity contribution in [2.24, 2.45) is 0 Å². The fourth-order valence-electron chi connectivity index (χ4n) is 5.41. The molecular formula is C33H21ClO2. The summed E-state index contributed by atoms with van der Waals surface area (Å²) in [5, 5.41) is 7.67. The first-order chi connectivity index (χ1) is 17.7. The van der Waals surface area contributed by atoms with E-state index < -0.39 is 0 Å². The topological polar surface area (TPSA) is 22.4 Å². The smallest absolute Gasteiger partial charge is 0.135 e. The predicted octanol–water partition coefficient (Wildman–Crippen LogP) is 9.89. The first kappa shape index (κ1) is 21.0. The molecule has 6 aromatic carbocycles. The van der Waals surface area contributed by atoms with Crippen LogP contribution in [0.3, 0.4) is 0 Å². The van der Waals surface area contributed by atoms with Crippen LogP contribution in [0.1, 0.15) is 0 Å². The van der Waals surface area contributed by atoms with Gasteiger partial charge in [-0.25, -0.2) is 0 Å². The van der Waals surface area contributed by atoms with E-state index >= 15 is 0 Å². The molecule has 0 spiro atoms. The molecule has 3 heteroatoms. The number of hydrogen-bond acceptors (Lipinski definition) is 2. The first-order valence-corrected chi connectivity index (χ1v) is 12.3. The number of hydrogen-bond donors (Lipinski definition) is 0. The molecule has 1 heterocycles. The molecule has 0 aliphatic heterocycles. The molecule has 0 amide bonds. The summed E-state index contributed by atoms with van der Waals surface area (Å²) in [6, 6.07) is 37.9. The Kier molecular flexibility index (Phi) is 4.77. The molecule has 0 aliphatic rings. The Labute approximate surface area is 213 Å². The summed E-state index contributed by atoms with van der Waals surface area (Å²) in [4.78, 5) is 0. The van der Waals surface area contributed by atoms with Crippen LogP contribution in [0, 0.1) is 0 Å². The Morgan fingerprint density at radius 1 is 0.528 bits per heavy atom. The number of benzene rings is 6. The lowest BCUT2D eigenvalue weighted by molar-refractivity contribution is 0.415. The van der Waals surface area contributed by atoms with Crippen LogP contribution in [-0.4, -0.2) is 7.11 Å². The maximum absolute atomic E-state index is 6.33. The van der Waals surface area contributed by atoms with E-state index in [0.717, 1.165) is 33.3 Å². The Balaban J connectivity index is 1.58. The average Bonchev–Trinajstić information content (AvgIpc) is 3.29. The van der Waals surface area contributed by atoms with Gasteiger partial charge in [0.15, 0.2) is 0 Å². The van der Waals surface area contributed by atoms with Crippen molar-refractivity contribution in [3.63, 3.8) is 0 Å². The molecule has 1 aromatic heterocycles. The Morgan fingerprint density at radius 3 is 1.61 bits per heavy atom.